The monoisotopic (exact) mass is 383 g/mol. The fourth-order valence-corrected chi connectivity index (χ4v) is 4.92. The molecule has 0 amide bonds. The van der Waals surface area contributed by atoms with Crippen LogP contribution in [0.15, 0.2) is 60.7 Å². The molecule has 29 heavy (non-hydrogen) atoms. The molecule has 0 unspecified atom stereocenters. The fraction of sp³-hybridized carbons (Fsp3) is 0.269. The number of carbonyl (C=O) groups is 1. The van der Waals surface area contributed by atoms with E-state index < -0.39 is 0 Å². The standard InChI is InChI=1S/C26H25NO2/c1-26(2)14-17-12-13-20-19-9-5-4-8-18(19)16-27(25(20)24(17)22(28)15-26)21-10-6-7-11-23(21)29-3/h4-13H,14-16H2,1-3H3. The van der Waals surface area contributed by atoms with Gasteiger partial charge in [0.05, 0.1) is 18.5 Å². The van der Waals surface area contributed by atoms with Gasteiger partial charge in [0.25, 0.3) is 0 Å². The number of nitrogens with zero attached hydrogens (tertiary/aromatic N) is 1. The van der Waals surface area contributed by atoms with E-state index in [1.54, 1.807) is 7.11 Å². The first kappa shape index (κ1) is 18.0. The van der Waals surface area contributed by atoms with E-state index in [9.17, 15) is 4.79 Å². The number of benzene rings is 3. The summed E-state index contributed by atoms with van der Waals surface area (Å²) in [5.74, 6) is 1.06. The molecule has 0 atom stereocenters. The van der Waals surface area contributed by atoms with Crippen LogP contribution in [0.2, 0.25) is 0 Å². The molecule has 3 aromatic carbocycles. The molecule has 0 fully saturated rings. The van der Waals surface area contributed by atoms with Gasteiger partial charge in [0.1, 0.15) is 5.75 Å². The second-order valence-corrected chi connectivity index (χ2v) is 8.85. The average Bonchev–Trinajstić information content (AvgIpc) is 2.71. The number of hydrogen-bond acceptors (Lipinski definition) is 3. The number of anilines is 2. The van der Waals surface area contributed by atoms with Gasteiger partial charge >= 0.3 is 0 Å². The zero-order valence-corrected chi connectivity index (χ0v) is 17.2. The molecule has 0 radical (unpaired) electrons. The number of ether oxygens (including phenoxy) is 1. The van der Waals surface area contributed by atoms with E-state index in [-0.39, 0.29) is 11.2 Å². The van der Waals surface area contributed by atoms with E-state index in [0.29, 0.717) is 6.42 Å². The summed E-state index contributed by atoms with van der Waals surface area (Å²) in [5.41, 5.74) is 7.68. The molecule has 0 N–H and O–H groups in total. The van der Waals surface area contributed by atoms with Crippen molar-refractivity contribution in [2.45, 2.75) is 33.2 Å². The third kappa shape index (κ3) is 2.84. The minimum absolute atomic E-state index is 0.000160. The minimum atomic E-state index is 0.000160. The third-order valence-corrected chi connectivity index (χ3v) is 6.13. The number of hydrogen-bond donors (Lipinski definition) is 0. The molecule has 3 heteroatoms. The van der Waals surface area contributed by atoms with Crippen LogP contribution < -0.4 is 9.64 Å². The Morgan fingerprint density at radius 2 is 1.62 bits per heavy atom. The van der Waals surface area contributed by atoms with Crippen molar-refractivity contribution in [1.29, 1.82) is 0 Å². The number of para-hydroxylation sites is 2. The summed E-state index contributed by atoms with van der Waals surface area (Å²) in [4.78, 5) is 15.6. The Morgan fingerprint density at radius 3 is 2.45 bits per heavy atom. The van der Waals surface area contributed by atoms with Crippen LogP contribution in [0.5, 0.6) is 5.75 Å². The molecular formula is C26H25NO2. The molecule has 146 valence electrons. The molecule has 0 saturated heterocycles. The largest absolute Gasteiger partial charge is 0.495 e. The quantitative estimate of drug-likeness (QED) is 0.530. The van der Waals surface area contributed by atoms with E-state index in [1.807, 2.05) is 18.2 Å². The van der Waals surface area contributed by atoms with Crippen molar-refractivity contribution in [2.75, 3.05) is 12.0 Å². The van der Waals surface area contributed by atoms with Crippen molar-refractivity contribution in [1.82, 2.24) is 0 Å². The molecule has 0 saturated carbocycles. The first-order chi connectivity index (χ1) is 14.0. The molecule has 3 aromatic rings. The lowest BCUT2D eigenvalue weighted by Crippen LogP contribution is -2.31. The second-order valence-electron chi connectivity index (χ2n) is 8.85. The first-order valence-corrected chi connectivity index (χ1v) is 10.2. The van der Waals surface area contributed by atoms with Crippen LogP contribution >= 0.6 is 0 Å². The van der Waals surface area contributed by atoms with Crippen molar-refractivity contribution in [3.63, 3.8) is 0 Å². The SMILES string of the molecule is COc1ccccc1N1Cc2ccccc2-c2ccc3c(c21)C(=O)CC(C)(C)C3. The van der Waals surface area contributed by atoms with Crippen LogP contribution in [0, 0.1) is 5.41 Å². The molecule has 0 spiro atoms. The second kappa shape index (κ2) is 6.48. The van der Waals surface area contributed by atoms with E-state index in [2.05, 4.69) is 61.2 Å². The van der Waals surface area contributed by atoms with Crippen LogP contribution in [-0.2, 0) is 13.0 Å². The van der Waals surface area contributed by atoms with Gasteiger partial charge < -0.3 is 9.64 Å². The van der Waals surface area contributed by atoms with Crippen LogP contribution in [0.25, 0.3) is 11.1 Å². The molecule has 0 bridgehead atoms. The summed E-state index contributed by atoms with van der Waals surface area (Å²) < 4.78 is 5.68. The normalized spacial score (nSPS) is 16.7. The van der Waals surface area contributed by atoms with Crippen molar-refractivity contribution >= 4 is 17.2 Å². The van der Waals surface area contributed by atoms with Gasteiger partial charge in [-0.25, -0.2) is 0 Å². The Labute approximate surface area is 171 Å². The summed E-state index contributed by atoms with van der Waals surface area (Å²) in [6, 6.07) is 20.9. The Balaban J connectivity index is 1.81. The maximum absolute atomic E-state index is 13.4. The van der Waals surface area contributed by atoms with Gasteiger partial charge in [0.2, 0.25) is 0 Å². The Morgan fingerprint density at radius 1 is 0.862 bits per heavy atom. The number of ketones is 1. The number of rotatable bonds is 2. The summed E-state index contributed by atoms with van der Waals surface area (Å²) in [6.07, 6.45) is 1.50. The summed E-state index contributed by atoms with van der Waals surface area (Å²) >= 11 is 0. The van der Waals surface area contributed by atoms with Gasteiger partial charge in [-0.2, -0.15) is 0 Å². The Kier molecular flexibility index (Phi) is 4.02. The number of carbonyl (C=O) groups excluding carboxylic acids is 1. The number of Topliss-reactive ketones (excluding diaryl/α,β-unsaturated/α-hetero) is 1. The predicted octanol–water partition coefficient (Wildman–Crippen LogP) is 6.17. The van der Waals surface area contributed by atoms with Gasteiger partial charge in [-0.1, -0.05) is 62.4 Å². The molecule has 1 aliphatic carbocycles. The first-order valence-electron chi connectivity index (χ1n) is 10.2. The summed E-state index contributed by atoms with van der Waals surface area (Å²) in [6.45, 7) is 5.08. The average molecular weight is 383 g/mol. The van der Waals surface area contributed by atoms with E-state index in [0.717, 1.165) is 46.8 Å². The highest BCUT2D eigenvalue weighted by molar-refractivity contribution is 6.09. The maximum atomic E-state index is 13.4. The topological polar surface area (TPSA) is 29.5 Å². The number of fused-ring (bicyclic) bond motifs is 5. The van der Waals surface area contributed by atoms with Gasteiger partial charge in [-0.05, 0) is 40.7 Å². The van der Waals surface area contributed by atoms with E-state index in [1.165, 1.54) is 11.1 Å². The lowest BCUT2D eigenvalue weighted by molar-refractivity contribution is 0.0913. The van der Waals surface area contributed by atoms with Gasteiger partial charge in [-0.15, -0.1) is 0 Å². The molecule has 0 aromatic heterocycles. The van der Waals surface area contributed by atoms with Crippen molar-refractivity contribution in [3.8, 4) is 16.9 Å². The van der Waals surface area contributed by atoms with Crippen LogP contribution in [0.3, 0.4) is 0 Å². The summed E-state index contributed by atoms with van der Waals surface area (Å²) in [7, 11) is 1.70. The third-order valence-electron chi connectivity index (χ3n) is 6.13. The molecular weight excluding hydrogens is 358 g/mol. The van der Waals surface area contributed by atoms with Gasteiger partial charge in [-0.3, -0.25) is 4.79 Å². The van der Waals surface area contributed by atoms with E-state index in [4.69, 9.17) is 4.74 Å². The van der Waals surface area contributed by atoms with Crippen LogP contribution in [0.1, 0.15) is 41.8 Å². The maximum Gasteiger partial charge on any atom is 0.165 e. The minimum Gasteiger partial charge on any atom is -0.495 e. The van der Waals surface area contributed by atoms with Gasteiger partial charge in [0, 0.05) is 24.1 Å². The Bertz CT molecular complexity index is 1130. The van der Waals surface area contributed by atoms with Crippen molar-refractivity contribution in [3.05, 3.63) is 77.4 Å². The fourth-order valence-electron chi connectivity index (χ4n) is 4.92. The highest BCUT2D eigenvalue weighted by atomic mass is 16.5. The van der Waals surface area contributed by atoms with Crippen molar-refractivity contribution < 1.29 is 9.53 Å². The zero-order chi connectivity index (χ0) is 20.2. The highest BCUT2D eigenvalue weighted by Crippen LogP contribution is 2.50. The molecule has 5 rings (SSSR count). The smallest absolute Gasteiger partial charge is 0.165 e. The van der Waals surface area contributed by atoms with E-state index >= 15 is 0 Å². The lowest BCUT2D eigenvalue weighted by atomic mass is 9.72. The number of methoxy groups -OCH3 is 1. The predicted molar refractivity (Wildman–Crippen MR) is 117 cm³/mol. The van der Waals surface area contributed by atoms with Crippen molar-refractivity contribution in [2.24, 2.45) is 5.41 Å². The Hall–Kier alpha value is -3.07. The molecule has 3 nitrogen and oxygen atoms in total. The lowest BCUT2D eigenvalue weighted by Gasteiger charge is -2.39. The van der Waals surface area contributed by atoms with Crippen LogP contribution in [0.4, 0.5) is 11.4 Å². The van der Waals surface area contributed by atoms with Gasteiger partial charge in [0.15, 0.2) is 5.78 Å². The zero-order valence-electron chi connectivity index (χ0n) is 17.2. The van der Waals surface area contributed by atoms with Crippen LogP contribution in [-0.4, -0.2) is 12.9 Å². The molecule has 2 aliphatic rings. The highest BCUT2D eigenvalue weighted by Gasteiger charge is 2.37. The molecule has 1 aliphatic heterocycles. The summed E-state index contributed by atoms with van der Waals surface area (Å²) in [5, 5.41) is 0. The molecule has 1 heterocycles.